The van der Waals surface area contributed by atoms with Gasteiger partial charge >= 0.3 is 0 Å². The van der Waals surface area contributed by atoms with E-state index in [0.29, 0.717) is 18.8 Å². The molecule has 0 aliphatic rings. The standard InChI is InChI=1S/C21H22BrN3O2/c1-16(27-20-10-8-19(22)9-11-20)21(26)24(2)13-18-12-23-25(15-18)14-17-6-4-3-5-7-17/h3-12,15-16H,13-14H2,1-2H3/t16-/m1/s1. The van der Waals surface area contributed by atoms with Crippen LogP contribution in [0.4, 0.5) is 0 Å². The normalized spacial score (nSPS) is 11.8. The fourth-order valence-corrected chi connectivity index (χ4v) is 3.04. The molecule has 5 nitrogen and oxygen atoms in total. The van der Waals surface area contributed by atoms with Gasteiger partial charge in [0.05, 0.1) is 12.7 Å². The zero-order valence-electron chi connectivity index (χ0n) is 15.4. The summed E-state index contributed by atoms with van der Waals surface area (Å²) < 4.78 is 8.59. The molecule has 0 aliphatic heterocycles. The number of carbonyl (C=O) groups excluding carboxylic acids is 1. The predicted molar refractivity (Wildman–Crippen MR) is 108 cm³/mol. The van der Waals surface area contributed by atoms with Crippen LogP contribution < -0.4 is 4.74 Å². The van der Waals surface area contributed by atoms with Crippen LogP contribution in [0.5, 0.6) is 5.75 Å². The van der Waals surface area contributed by atoms with Crippen molar-refractivity contribution in [2.45, 2.75) is 26.1 Å². The third kappa shape index (κ3) is 5.44. The summed E-state index contributed by atoms with van der Waals surface area (Å²) in [6.07, 6.45) is 3.21. The van der Waals surface area contributed by atoms with E-state index < -0.39 is 6.10 Å². The highest BCUT2D eigenvalue weighted by Gasteiger charge is 2.19. The Labute approximate surface area is 167 Å². The minimum atomic E-state index is -0.560. The topological polar surface area (TPSA) is 47.4 Å². The van der Waals surface area contributed by atoms with Crippen molar-refractivity contribution < 1.29 is 9.53 Å². The summed E-state index contributed by atoms with van der Waals surface area (Å²) in [5, 5.41) is 4.39. The molecule has 2 aromatic carbocycles. The molecular weight excluding hydrogens is 406 g/mol. The van der Waals surface area contributed by atoms with Gasteiger partial charge in [0.2, 0.25) is 0 Å². The zero-order chi connectivity index (χ0) is 19.2. The van der Waals surface area contributed by atoms with Crippen LogP contribution in [0.2, 0.25) is 0 Å². The molecule has 0 saturated heterocycles. The lowest BCUT2D eigenvalue weighted by atomic mass is 10.2. The molecule has 0 bridgehead atoms. The van der Waals surface area contributed by atoms with Crippen LogP contribution >= 0.6 is 15.9 Å². The number of hydrogen-bond acceptors (Lipinski definition) is 3. The van der Waals surface area contributed by atoms with Crippen LogP contribution in [0.15, 0.2) is 71.5 Å². The Hall–Kier alpha value is -2.60. The van der Waals surface area contributed by atoms with Gasteiger partial charge in [-0.15, -0.1) is 0 Å². The van der Waals surface area contributed by atoms with Gasteiger partial charge in [-0.05, 0) is 36.8 Å². The fourth-order valence-electron chi connectivity index (χ4n) is 2.77. The first-order valence-corrected chi connectivity index (χ1v) is 9.53. The Morgan fingerprint density at radius 3 is 2.56 bits per heavy atom. The van der Waals surface area contributed by atoms with Gasteiger partial charge in [-0.25, -0.2) is 0 Å². The lowest BCUT2D eigenvalue weighted by Crippen LogP contribution is -2.37. The second-order valence-corrected chi connectivity index (χ2v) is 7.36. The zero-order valence-corrected chi connectivity index (χ0v) is 17.0. The Morgan fingerprint density at radius 2 is 1.85 bits per heavy atom. The average Bonchev–Trinajstić information content (AvgIpc) is 3.10. The molecule has 3 aromatic rings. The number of halogens is 1. The molecule has 1 heterocycles. The Bertz CT molecular complexity index is 878. The lowest BCUT2D eigenvalue weighted by molar-refractivity contribution is -0.137. The van der Waals surface area contributed by atoms with Crippen molar-refractivity contribution in [3.63, 3.8) is 0 Å². The van der Waals surface area contributed by atoms with Gasteiger partial charge in [-0.1, -0.05) is 46.3 Å². The molecule has 1 aromatic heterocycles. The van der Waals surface area contributed by atoms with Crippen molar-refractivity contribution in [1.82, 2.24) is 14.7 Å². The lowest BCUT2D eigenvalue weighted by Gasteiger charge is -2.21. The molecule has 0 N–H and O–H groups in total. The second-order valence-electron chi connectivity index (χ2n) is 6.44. The first-order valence-electron chi connectivity index (χ1n) is 8.74. The van der Waals surface area contributed by atoms with Crippen LogP contribution in [0.25, 0.3) is 0 Å². The minimum absolute atomic E-state index is 0.0753. The smallest absolute Gasteiger partial charge is 0.263 e. The molecule has 0 saturated carbocycles. The Kier molecular flexibility index (Phi) is 6.29. The number of rotatable bonds is 7. The van der Waals surface area contributed by atoms with Crippen molar-refractivity contribution in [3.05, 3.63) is 82.6 Å². The second kappa shape index (κ2) is 8.86. The van der Waals surface area contributed by atoms with E-state index in [-0.39, 0.29) is 5.91 Å². The van der Waals surface area contributed by atoms with Gasteiger partial charge in [0.15, 0.2) is 6.10 Å². The van der Waals surface area contributed by atoms with Crippen molar-refractivity contribution in [3.8, 4) is 5.75 Å². The summed E-state index contributed by atoms with van der Waals surface area (Å²) >= 11 is 3.38. The average molecular weight is 428 g/mol. The van der Waals surface area contributed by atoms with E-state index in [0.717, 1.165) is 10.0 Å². The van der Waals surface area contributed by atoms with E-state index >= 15 is 0 Å². The highest BCUT2D eigenvalue weighted by molar-refractivity contribution is 9.10. The van der Waals surface area contributed by atoms with Crippen LogP contribution in [0, 0.1) is 0 Å². The SMILES string of the molecule is C[C@@H](Oc1ccc(Br)cc1)C(=O)N(C)Cc1cnn(Cc2ccccc2)c1. The molecule has 1 atom stereocenters. The fraction of sp³-hybridized carbons (Fsp3) is 0.238. The van der Waals surface area contributed by atoms with Gasteiger partial charge in [-0.3, -0.25) is 9.48 Å². The van der Waals surface area contributed by atoms with E-state index in [9.17, 15) is 4.79 Å². The van der Waals surface area contributed by atoms with Crippen molar-refractivity contribution in [2.24, 2.45) is 0 Å². The van der Waals surface area contributed by atoms with Gasteiger partial charge in [-0.2, -0.15) is 5.10 Å². The van der Waals surface area contributed by atoms with E-state index in [1.54, 1.807) is 25.1 Å². The first-order chi connectivity index (χ1) is 13.0. The molecule has 140 valence electrons. The maximum Gasteiger partial charge on any atom is 0.263 e. The highest BCUT2D eigenvalue weighted by atomic mass is 79.9. The summed E-state index contributed by atoms with van der Waals surface area (Å²) in [5.41, 5.74) is 2.17. The largest absolute Gasteiger partial charge is 0.481 e. The molecule has 3 rings (SSSR count). The predicted octanol–water partition coefficient (Wildman–Crippen LogP) is 4.12. The summed E-state index contributed by atoms with van der Waals surface area (Å²) in [5.74, 6) is 0.594. The number of likely N-dealkylation sites (N-methyl/N-ethyl adjacent to an activating group) is 1. The van der Waals surface area contributed by atoms with Gasteiger partial charge in [0.25, 0.3) is 5.91 Å². The van der Waals surface area contributed by atoms with E-state index in [1.807, 2.05) is 53.3 Å². The maximum absolute atomic E-state index is 12.6. The number of benzene rings is 2. The molecule has 6 heteroatoms. The molecule has 0 aliphatic carbocycles. The molecule has 0 radical (unpaired) electrons. The number of hydrogen-bond donors (Lipinski definition) is 0. The number of carbonyl (C=O) groups is 1. The van der Waals surface area contributed by atoms with Crippen molar-refractivity contribution in [2.75, 3.05) is 7.05 Å². The van der Waals surface area contributed by atoms with Gasteiger partial charge in [0, 0.05) is 29.8 Å². The quantitative estimate of drug-likeness (QED) is 0.569. The van der Waals surface area contributed by atoms with Crippen molar-refractivity contribution >= 4 is 21.8 Å². The summed E-state index contributed by atoms with van der Waals surface area (Å²) in [6.45, 7) is 2.96. The van der Waals surface area contributed by atoms with E-state index in [1.165, 1.54) is 5.56 Å². The summed E-state index contributed by atoms with van der Waals surface area (Å²) in [6, 6.07) is 17.6. The Balaban J connectivity index is 1.55. The molecule has 0 unspecified atom stereocenters. The molecule has 27 heavy (non-hydrogen) atoms. The van der Waals surface area contributed by atoms with E-state index in [4.69, 9.17) is 4.74 Å². The molecule has 0 spiro atoms. The van der Waals surface area contributed by atoms with Crippen LogP contribution in [-0.4, -0.2) is 33.7 Å². The van der Waals surface area contributed by atoms with Crippen LogP contribution in [0.3, 0.4) is 0 Å². The van der Waals surface area contributed by atoms with Crippen LogP contribution in [-0.2, 0) is 17.9 Å². The molecule has 1 amide bonds. The molecular formula is C21H22BrN3O2. The first kappa shape index (κ1) is 19.2. The van der Waals surface area contributed by atoms with E-state index in [2.05, 4.69) is 33.2 Å². The summed E-state index contributed by atoms with van der Waals surface area (Å²) in [7, 11) is 1.78. The summed E-state index contributed by atoms with van der Waals surface area (Å²) in [4.78, 5) is 14.2. The van der Waals surface area contributed by atoms with Crippen molar-refractivity contribution in [1.29, 1.82) is 0 Å². The highest BCUT2D eigenvalue weighted by Crippen LogP contribution is 2.18. The number of amides is 1. The Morgan fingerprint density at radius 1 is 1.15 bits per heavy atom. The minimum Gasteiger partial charge on any atom is -0.481 e. The third-order valence-corrected chi connectivity index (χ3v) is 4.67. The monoisotopic (exact) mass is 427 g/mol. The van der Waals surface area contributed by atoms with Gasteiger partial charge < -0.3 is 9.64 Å². The third-order valence-electron chi connectivity index (χ3n) is 4.14. The van der Waals surface area contributed by atoms with Gasteiger partial charge in [0.1, 0.15) is 5.75 Å². The number of nitrogens with zero attached hydrogens (tertiary/aromatic N) is 3. The van der Waals surface area contributed by atoms with Crippen LogP contribution in [0.1, 0.15) is 18.1 Å². The maximum atomic E-state index is 12.6. The molecule has 0 fully saturated rings. The number of aromatic nitrogens is 2. The number of ether oxygens (including phenoxy) is 1.